The zero-order valence-corrected chi connectivity index (χ0v) is 18.7. The average molecular weight is 419 g/mol. The molecule has 0 aliphatic carbocycles. The van der Waals surface area contributed by atoms with Crippen molar-refractivity contribution in [2.24, 2.45) is 5.16 Å². The maximum atomic E-state index is 12.5. The molecular formula is C25H30N4O2. The first-order valence-corrected chi connectivity index (χ1v) is 10.8. The van der Waals surface area contributed by atoms with E-state index in [1.54, 1.807) is 13.8 Å². The number of ketones is 1. The van der Waals surface area contributed by atoms with E-state index in [0.717, 1.165) is 59.8 Å². The van der Waals surface area contributed by atoms with Crippen molar-refractivity contribution in [2.45, 2.75) is 52.2 Å². The van der Waals surface area contributed by atoms with Gasteiger partial charge in [0.2, 0.25) is 5.78 Å². The molecule has 3 heterocycles. The minimum Gasteiger partial charge on any atom is -0.381 e. The number of nitrogens with one attached hydrogen (secondary N) is 1. The van der Waals surface area contributed by atoms with Gasteiger partial charge in [-0.1, -0.05) is 42.1 Å². The third-order valence-electron chi connectivity index (χ3n) is 5.98. The Kier molecular flexibility index (Phi) is 5.67. The zero-order valence-electron chi connectivity index (χ0n) is 18.7. The molecule has 6 heteroatoms. The maximum Gasteiger partial charge on any atom is 0.230 e. The monoisotopic (exact) mass is 418 g/mol. The highest BCUT2D eigenvalue weighted by Crippen LogP contribution is 2.32. The van der Waals surface area contributed by atoms with E-state index in [1.807, 2.05) is 37.3 Å². The Bertz CT molecular complexity index is 1030. The fourth-order valence-electron chi connectivity index (χ4n) is 4.10. The van der Waals surface area contributed by atoms with E-state index in [0.29, 0.717) is 5.71 Å². The summed E-state index contributed by atoms with van der Waals surface area (Å²) >= 11 is 0. The number of carbonyl (C=O) groups excluding carboxylic acids is 1. The number of rotatable bonds is 5. The number of hydrogen-bond donors (Lipinski definition) is 1. The molecule has 31 heavy (non-hydrogen) atoms. The van der Waals surface area contributed by atoms with Crippen LogP contribution in [0, 0.1) is 13.8 Å². The van der Waals surface area contributed by atoms with Crippen LogP contribution >= 0.6 is 0 Å². The highest BCUT2D eigenvalue weighted by molar-refractivity contribution is 6.49. The molecule has 162 valence electrons. The lowest BCUT2D eigenvalue weighted by Crippen LogP contribution is -2.45. The minimum absolute atomic E-state index is 0.103. The number of aryl methyl sites for hydroxylation is 2. The number of oxime groups is 1. The molecular weight excluding hydrogens is 388 g/mol. The van der Waals surface area contributed by atoms with Crippen LogP contribution in [0.1, 0.15) is 49.1 Å². The van der Waals surface area contributed by atoms with Crippen LogP contribution in [-0.4, -0.2) is 41.2 Å². The van der Waals surface area contributed by atoms with E-state index in [1.165, 1.54) is 0 Å². The summed E-state index contributed by atoms with van der Waals surface area (Å²) in [5.74, 6) is 0.849. The highest BCUT2D eigenvalue weighted by Gasteiger charge is 2.40. The van der Waals surface area contributed by atoms with E-state index in [-0.39, 0.29) is 11.8 Å². The largest absolute Gasteiger partial charge is 0.381 e. The van der Waals surface area contributed by atoms with Gasteiger partial charge in [0.05, 0.1) is 0 Å². The predicted octanol–water partition coefficient (Wildman–Crippen LogP) is 4.01. The van der Waals surface area contributed by atoms with Gasteiger partial charge in [-0.15, -0.1) is 0 Å². The van der Waals surface area contributed by atoms with Crippen molar-refractivity contribution in [3.05, 3.63) is 65.4 Å². The average Bonchev–Trinajstić information content (AvgIpc) is 3.04. The molecule has 1 aromatic carbocycles. The van der Waals surface area contributed by atoms with Gasteiger partial charge in [0.15, 0.2) is 11.3 Å². The molecule has 1 atom stereocenters. The number of pyridine rings is 1. The molecule has 0 saturated carbocycles. The summed E-state index contributed by atoms with van der Waals surface area (Å²) in [7, 11) is 0. The molecule has 6 nitrogen and oxygen atoms in total. The fourth-order valence-corrected chi connectivity index (χ4v) is 4.10. The van der Waals surface area contributed by atoms with Gasteiger partial charge < -0.3 is 15.1 Å². The van der Waals surface area contributed by atoms with Crippen LogP contribution in [0.4, 0.5) is 5.82 Å². The smallest absolute Gasteiger partial charge is 0.230 e. The number of Topliss-reactive ketones (excluding diaryl/α,β-unsaturated/α-hetero) is 1. The summed E-state index contributed by atoms with van der Waals surface area (Å²) in [4.78, 5) is 24.9. The lowest BCUT2D eigenvalue weighted by atomic mass is 9.95. The Hall–Kier alpha value is -2.99. The Labute approximate surface area is 184 Å². The van der Waals surface area contributed by atoms with E-state index in [9.17, 15) is 4.79 Å². The second-order valence-corrected chi connectivity index (χ2v) is 8.86. The molecule has 1 saturated heterocycles. The van der Waals surface area contributed by atoms with Crippen LogP contribution in [0.15, 0.2) is 48.1 Å². The number of benzene rings is 1. The normalized spacial score (nSPS) is 20.2. The molecule has 2 aliphatic heterocycles. The highest BCUT2D eigenvalue weighted by atomic mass is 16.7. The second kappa shape index (κ2) is 8.27. The molecule has 0 spiro atoms. The molecule has 1 N–H and O–H groups in total. The quantitative estimate of drug-likeness (QED) is 0.795. The molecule has 0 amide bonds. The van der Waals surface area contributed by atoms with Gasteiger partial charge in [0.25, 0.3) is 0 Å². The topological polar surface area (TPSA) is 66.8 Å². The molecule has 0 radical (unpaired) electrons. The summed E-state index contributed by atoms with van der Waals surface area (Å²) in [5, 5.41) is 7.51. The van der Waals surface area contributed by atoms with Gasteiger partial charge in [0.1, 0.15) is 5.82 Å². The molecule has 2 aliphatic rings. The fraction of sp³-hybridized carbons (Fsp3) is 0.400. The van der Waals surface area contributed by atoms with Crippen LogP contribution in [0.3, 0.4) is 0 Å². The Balaban J connectivity index is 1.66. The molecule has 4 rings (SSSR count). The van der Waals surface area contributed by atoms with E-state index < -0.39 is 5.60 Å². The van der Waals surface area contributed by atoms with Gasteiger partial charge >= 0.3 is 0 Å². The summed E-state index contributed by atoms with van der Waals surface area (Å²) in [6, 6.07) is 12.2. The lowest BCUT2D eigenvalue weighted by molar-refractivity contribution is -0.128. The first-order chi connectivity index (χ1) is 14.8. The molecule has 1 fully saturated rings. The van der Waals surface area contributed by atoms with Gasteiger partial charge in [-0.3, -0.25) is 4.79 Å². The van der Waals surface area contributed by atoms with Gasteiger partial charge in [-0.2, -0.15) is 0 Å². The third-order valence-corrected chi connectivity index (χ3v) is 5.98. The number of anilines is 1. The molecule has 0 bridgehead atoms. The Morgan fingerprint density at radius 2 is 1.94 bits per heavy atom. The van der Waals surface area contributed by atoms with Crippen molar-refractivity contribution in [3.63, 3.8) is 0 Å². The number of hydrogen-bond acceptors (Lipinski definition) is 6. The molecule has 2 aromatic rings. The van der Waals surface area contributed by atoms with Crippen LogP contribution in [0.25, 0.3) is 5.70 Å². The van der Waals surface area contributed by atoms with Crippen molar-refractivity contribution in [1.82, 2.24) is 10.3 Å². The summed E-state index contributed by atoms with van der Waals surface area (Å²) in [6.07, 6.45) is 2.20. The van der Waals surface area contributed by atoms with Gasteiger partial charge in [-0.05, 0) is 64.3 Å². The lowest BCUT2D eigenvalue weighted by Gasteiger charge is -2.37. The van der Waals surface area contributed by atoms with Crippen molar-refractivity contribution in [1.29, 1.82) is 0 Å². The van der Waals surface area contributed by atoms with Crippen LogP contribution in [0.2, 0.25) is 0 Å². The summed E-state index contributed by atoms with van der Waals surface area (Å²) < 4.78 is 0. The number of nitrogens with zero attached hydrogens (tertiary/aromatic N) is 3. The van der Waals surface area contributed by atoms with Crippen molar-refractivity contribution in [3.8, 4) is 0 Å². The van der Waals surface area contributed by atoms with Crippen molar-refractivity contribution >= 4 is 23.0 Å². The van der Waals surface area contributed by atoms with E-state index >= 15 is 0 Å². The SMILES string of the molecule is C=C(c1ccc(C2=NOC(C)(C)C2=O)cc1)N(c1nc(C)ccc1C)[C@@H]1CCCNC1. The zero-order chi connectivity index (χ0) is 22.2. The molecule has 1 aromatic heterocycles. The van der Waals surface area contributed by atoms with Crippen LogP contribution in [0.5, 0.6) is 0 Å². The van der Waals surface area contributed by atoms with Crippen molar-refractivity contribution < 1.29 is 9.63 Å². The standard InChI is InChI=1S/C25H30N4O2/c1-16-8-9-17(2)27-24(16)29(21-7-6-14-26-15-21)18(3)19-10-12-20(13-11-19)22-23(30)25(4,5)31-28-22/h8-13,21,26H,3,6-7,14-15H2,1-2,4-5H3/t21-/m1/s1. The first-order valence-electron chi connectivity index (χ1n) is 10.8. The Morgan fingerprint density at radius 1 is 1.19 bits per heavy atom. The number of carbonyl (C=O) groups is 1. The Morgan fingerprint density at radius 3 is 2.55 bits per heavy atom. The first kappa shape index (κ1) is 21.2. The van der Waals surface area contributed by atoms with Crippen LogP contribution in [-0.2, 0) is 9.63 Å². The van der Waals surface area contributed by atoms with E-state index in [2.05, 4.69) is 34.9 Å². The van der Waals surface area contributed by atoms with Crippen molar-refractivity contribution in [2.75, 3.05) is 18.0 Å². The van der Waals surface area contributed by atoms with Gasteiger partial charge in [-0.25, -0.2) is 4.98 Å². The predicted molar refractivity (Wildman–Crippen MR) is 124 cm³/mol. The van der Waals surface area contributed by atoms with Crippen LogP contribution < -0.4 is 10.2 Å². The summed E-state index contributed by atoms with van der Waals surface area (Å²) in [5.41, 5.74) is 4.21. The molecule has 0 unspecified atom stereocenters. The van der Waals surface area contributed by atoms with Gasteiger partial charge in [0, 0.05) is 29.5 Å². The summed E-state index contributed by atoms with van der Waals surface area (Å²) in [6.45, 7) is 14.0. The maximum absolute atomic E-state index is 12.5. The number of piperidine rings is 1. The van der Waals surface area contributed by atoms with E-state index in [4.69, 9.17) is 9.82 Å². The minimum atomic E-state index is -0.906. The second-order valence-electron chi connectivity index (χ2n) is 8.86. The number of aromatic nitrogens is 1. The third kappa shape index (κ3) is 4.12.